The summed E-state index contributed by atoms with van der Waals surface area (Å²) < 4.78 is 0. The van der Waals surface area contributed by atoms with E-state index in [0.717, 1.165) is 6.42 Å². The molecule has 25 heavy (non-hydrogen) atoms. The van der Waals surface area contributed by atoms with Gasteiger partial charge in [-0.05, 0) is 18.9 Å². The molecule has 0 aromatic heterocycles. The van der Waals surface area contributed by atoms with Gasteiger partial charge in [0.2, 0.25) is 0 Å². The smallest absolute Gasteiger partial charge is 0.157 e. The molecule has 0 aromatic carbocycles. The minimum absolute atomic E-state index is 0.247. The Morgan fingerprint density at radius 3 is 1.12 bits per heavy atom. The Labute approximate surface area is 159 Å². The summed E-state index contributed by atoms with van der Waals surface area (Å²) in [6.45, 7) is 7.81. The van der Waals surface area contributed by atoms with Crippen molar-refractivity contribution >= 4 is 5.78 Å². The number of carbonyl (C=O) groups excluding carboxylic acids is 1. The average molecular weight is 351 g/mol. The molecule has 0 amide bonds. The van der Waals surface area contributed by atoms with Gasteiger partial charge in [0.1, 0.15) is 0 Å². The van der Waals surface area contributed by atoms with Crippen LogP contribution in [0, 0.1) is 0 Å². The molecule has 0 aromatic rings. The van der Waals surface area contributed by atoms with E-state index in [2.05, 4.69) is 13.5 Å². The van der Waals surface area contributed by atoms with Gasteiger partial charge in [0.25, 0.3) is 0 Å². The molecule has 0 fully saturated rings. The van der Waals surface area contributed by atoms with Crippen molar-refractivity contribution < 1.29 is 4.79 Å². The highest BCUT2D eigenvalue weighted by Crippen LogP contribution is 2.14. The highest BCUT2D eigenvalue weighted by Gasteiger charge is 2.01. The number of unbranched alkanes of at least 4 members (excludes halogenated alkanes) is 17. The van der Waals surface area contributed by atoms with E-state index >= 15 is 0 Å². The van der Waals surface area contributed by atoms with E-state index < -0.39 is 0 Å². The summed E-state index contributed by atoms with van der Waals surface area (Å²) >= 11 is 0. The van der Waals surface area contributed by atoms with Gasteiger partial charge < -0.3 is 0 Å². The van der Waals surface area contributed by atoms with Crippen molar-refractivity contribution in [1.29, 1.82) is 0 Å². The van der Waals surface area contributed by atoms with Gasteiger partial charge in [-0.3, -0.25) is 4.79 Å². The standard InChI is InChI=1S/C24H46O/c1-4-5-6-7-8-9-10-11-12-13-14-15-16-17-18-19-20-21-22-24(25)23(2)3/h2,4-22H2,1,3H3. The molecular formula is C24H46O. The third kappa shape index (κ3) is 19.6. The molecule has 0 saturated heterocycles. The summed E-state index contributed by atoms with van der Waals surface area (Å²) in [6, 6.07) is 0. The molecule has 0 N–H and O–H groups in total. The van der Waals surface area contributed by atoms with E-state index in [1.54, 1.807) is 0 Å². The van der Waals surface area contributed by atoms with Gasteiger partial charge in [0.05, 0.1) is 0 Å². The van der Waals surface area contributed by atoms with Crippen LogP contribution in [0.1, 0.15) is 136 Å². The second-order valence-corrected chi connectivity index (χ2v) is 7.96. The van der Waals surface area contributed by atoms with Crippen molar-refractivity contribution in [3.63, 3.8) is 0 Å². The number of rotatable bonds is 20. The molecule has 1 heteroatoms. The van der Waals surface area contributed by atoms with Crippen LogP contribution in [0.2, 0.25) is 0 Å². The zero-order chi connectivity index (χ0) is 18.6. The zero-order valence-corrected chi connectivity index (χ0v) is 17.6. The van der Waals surface area contributed by atoms with Crippen molar-refractivity contribution in [2.24, 2.45) is 0 Å². The summed E-state index contributed by atoms with van der Waals surface area (Å²) in [5.74, 6) is 0.247. The third-order valence-electron chi connectivity index (χ3n) is 5.23. The monoisotopic (exact) mass is 350 g/mol. The fraction of sp³-hybridized carbons (Fsp3) is 0.875. The topological polar surface area (TPSA) is 17.1 Å². The van der Waals surface area contributed by atoms with Crippen LogP contribution in [0.4, 0.5) is 0 Å². The minimum atomic E-state index is 0.247. The molecule has 1 nitrogen and oxygen atoms in total. The molecule has 0 bridgehead atoms. The number of hydrogen-bond donors (Lipinski definition) is 0. The fourth-order valence-electron chi connectivity index (χ4n) is 3.40. The Morgan fingerprint density at radius 1 is 0.560 bits per heavy atom. The molecule has 0 aliphatic carbocycles. The summed E-state index contributed by atoms with van der Waals surface area (Å²) in [5.41, 5.74) is 0.715. The van der Waals surface area contributed by atoms with E-state index in [4.69, 9.17) is 0 Å². The maximum absolute atomic E-state index is 11.4. The van der Waals surface area contributed by atoms with E-state index in [1.165, 1.54) is 109 Å². The Bertz CT molecular complexity index is 305. The van der Waals surface area contributed by atoms with Crippen molar-refractivity contribution in [2.75, 3.05) is 0 Å². The van der Waals surface area contributed by atoms with E-state index in [1.807, 2.05) is 6.92 Å². The van der Waals surface area contributed by atoms with Crippen LogP contribution in [0.5, 0.6) is 0 Å². The van der Waals surface area contributed by atoms with Crippen LogP contribution >= 0.6 is 0 Å². The van der Waals surface area contributed by atoms with E-state index in [-0.39, 0.29) is 5.78 Å². The van der Waals surface area contributed by atoms with Crippen LogP contribution in [0.3, 0.4) is 0 Å². The van der Waals surface area contributed by atoms with Gasteiger partial charge >= 0.3 is 0 Å². The number of allylic oxidation sites excluding steroid dienone is 1. The van der Waals surface area contributed by atoms with Crippen molar-refractivity contribution in [2.45, 2.75) is 136 Å². The number of Topliss-reactive ketones (excluding diaryl/α,β-unsaturated/α-hetero) is 1. The van der Waals surface area contributed by atoms with Crippen molar-refractivity contribution in [1.82, 2.24) is 0 Å². The lowest BCUT2D eigenvalue weighted by Crippen LogP contribution is -1.97. The first-order chi connectivity index (χ1) is 12.2. The summed E-state index contributed by atoms with van der Waals surface area (Å²) in [5, 5.41) is 0. The maximum Gasteiger partial charge on any atom is 0.157 e. The number of ketones is 1. The van der Waals surface area contributed by atoms with Crippen LogP contribution < -0.4 is 0 Å². The molecule has 0 heterocycles. The molecule has 0 aliphatic heterocycles. The average Bonchev–Trinajstić information content (AvgIpc) is 2.60. The van der Waals surface area contributed by atoms with Crippen LogP contribution in [0.25, 0.3) is 0 Å². The van der Waals surface area contributed by atoms with Gasteiger partial charge in [-0.2, -0.15) is 0 Å². The predicted octanol–water partition coefficient (Wildman–Crippen LogP) is 8.56. The Hall–Kier alpha value is -0.590. The lowest BCUT2D eigenvalue weighted by atomic mass is 10.0. The molecule has 0 radical (unpaired) electrons. The highest BCUT2D eigenvalue weighted by molar-refractivity contribution is 5.93. The molecule has 148 valence electrons. The Balaban J connectivity index is 3.05. The van der Waals surface area contributed by atoms with Crippen LogP contribution in [0.15, 0.2) is 12.2 Å². The summed E-state index contributed by atoms with van der Waals surface area (Å²) in [7, 11) is 0. The highest BCUT2D eigenvalue weighted by atomic mass is 16.1. The molecule has 0 aliphatic rings. The molecule has 0 atom stereocenters. The Morgan fingerprint density at radius 2 is 0.840 bits per heavy atom. The molecule has 0 spiro atoms. The quantitative estimate of drug-likeness (QED) is 0.159. The normalized spacial score (nSPS) is 11.0. The second-order valence-electron chi connectivity index (χ2n) is 7.96. The van der Waals surface area contributed by atoms with Gasteiger partial charge in [-0.25, -0.2) is 0 Å². The predicted molar refractivity (Wildman–Crippen MR) is 113 cm³/mol. The van der Waals surface area contributed by atoms with Gasteiger partial charge in [-0.15, -0.1) is 0 Å². The zero-order valence-electron chi connectivity index (χ0n) is 17.6. The van der Waals surface area contributed by atoms with Crippen LogP contribution in [-0.4, -0.2) is 5.78 Å². The Kier molecular flexibility index (Phi) is 19.3. The van der Waals surface area contributed by atoms with E-state index in [9.17, 15) is 4.79 Å². The molecule has 0 unspecified atom stereocenters. The summed E-state index contributed by atoms with van der Waals surface area (Å²) in [4.78, 5) is 11.4. The maximum atomic E-state index is 11.4. The number of hydrogen-bond acceptors (Lipinski definition) is 1. The first-order valence-corrected chi connectivity index (χ1v) is 11.4. The molecule has 0 saturated carbocycles. The lowest BCUT2D eigenvalue weighted by Gasteiger charge is -2.04. The minimum Gasteiger partial charge on any atom is -0.295 e. The largest absolute Gasteiger partial charge is 0.295 e. The van der Waals surface area contributed by atoms with Gasteiger partial charge in [0, 0.05) is 6.42 Å². The SMILES string of the molecule is C=C(C)C(=O)CCCCCCCCCCCCCCCCCCCC. The van der Waals surface area contributed by atoms with Crippen LogP contribution in [-0.2, 0) is 4.79 Å². The fourth-order valence-corrected chi connectivity index (χ4v) is 3.40. The van der Waals surface area contributed by atoms with Gasteiger partial charge in [-0.1, -0.05) is 123 Å². The van der Waals surface area contributed by atoms with Crippen molar-refractivity contribution in [3.05, 3.63) is 12.2 Å². The molecule has 0 rings (SSSR count). The first-order valence-electron chi connectivity index (χ1n) is 11.4. The summed E-state index contributed by atoms with van der Waals surface area (Å²) in [6.07, 6.45) is 25.6. The second kappa shape index (κ2) is 19.7. The van der Waals surface area contributed by atoms with Gasteiger partial charge in [0.15, 0.2) is 5.78 Å². The van der Waals surface area contributed by atoms with E-state index in [0.29, 0.717) is 12.0 Å². The third-order valence-corrected chi connectivity index (χ3v) is 5.23. The van der Waals surface area contributed by atoms with Crippen molar-refractivity contribution in [3.8, 4) is 0 Å². The lowest BCUT2D eigenvalue weighted by molar-refractivity contribution is -0.115. The first kappa shape index (κ1) is 24.4. The molecular weight excluding hydrogens is 304 g/mol. The number of carbonyl (C=O) groups is 1.